The second-order valence-electron chi connectivity index (χ2n) is 11.8. The van der Waals surface area contributed by atoms with E-state index in [0.717, 1.165) is 40.7 Å². The highest BCUT2D eigenvalue weighted by Crippen LogP contribution is 2.47. The Morgan fingerprint density at radius 1 is 1.19 bits per heavy atom. The Hall–Kier alpha value is -3.99. The number of hydrogen-bond acceptors (Lipinski definition) is 8. The van der Waals surface area contributed by atoms with Gasteiger partial charge in [-0.3, -0.25) is 9.59 Å². The van der Waals surface area contributed by atoms with Crippen molar-refractivity contribution in [1.29, 1.82) is 0 Å². The average molecular weight is 605 g/mol. The second kappa shape index (κ2) is 11.6. The van der Waals surface area contributed by atoms with Gasteiger partial charge >= 0.3 is 5.97 Å². The number of rotatable bonds is 5. The predicted octanol–water partition coefficient (Wildman–Crippen LogP) is 4.61. The zero-order valence-corrected chi connectivity index (χ0v) is 25.4. The van der Waals surface area contributed by atoms with E-state index < -0.39 is 35.4 Å². The molecule has 0 unspecified atom stereocenters. The predicted molar refractivity (Wildman–Crippen MR) is 162 cm³/mol. The summed E-state index contributed by atoms with van der Waals surface area (Å²) in [5.41, 5.74) is 0.932. The van der Waals surface area contributed by atoms with Crippen LogP contribution in [0, 0.1) is 24.7 Å². The molecule has 3 aromatic rings. The molecule has 43 heavy (non-hydrogen) atoms. The molecular formula is C32H36N4O6S. The van der Waals surface area contributed by atoms with Crippen molar-refractivity contribution in [1.82, 2.24) is 20.2 Å². The summed E-state index contributed by atoms with van der Waals surface area (Å²) >= 11 is 1.47. The standard InChI is InChI=1S/C32H36N4O6S/c1-18-25(41-3)10-9-21-26(16-24(34-27(18)21)29-33-11-13-43-29)42-20-14-22-23(15-20)30(38)36(2)12-7-5-4-6-8-19-17-32(19,31(39)40)35-28(22)37/h6,8-11,13,16,19-20,22-23H,4-5,7,12,14-15,17H2,1-3H3,(H,35,37)(H,39,40)/t19-,20-,22-,23-,32-/m1/s1. The first-order valence-electron chi connectivity index (χ1n) is 14.7. The lowest BCUT2D eigenvalue weighted by atomic mass is 9.93. The summed E-state index contributed by atoms with van der Waals surface area (Å²) in [6.45, 7) is 2.54. The Balaban J connectivity index is 1.34. The van der Waals surface area contributed by atoms with Crippen LogP contribution >= 0.6 is 11.3 Å². The number of allylic oxidation sites excluding steroid dienone is 1. The molecule has 0 bridgehead atoms. The van der Waals surface area contributed by atoms with Crippen molar-refractivity contribution in [3.63, 3.8) is 0 Å². The van der Waals surface area contributed by atoms with Crippen molar-refractivity contribution in [3.05, 3.63) is 47.5 Å². The molecule has 2 fully saturated rings. The van der Waals surface area contributed by atoms with E-state index in [4.69, 9.17) is 14.5 Å². The van der Waals surface area contributed by atoms with Crippen LogP contribution in [0.4, 0.5) is 0 Å². The number of carboxylic acids is 1. The number of nitrogens with one attached hydrogen (secondary N) is 1. The van der Waals surface area contributed by atoms with E-state index in [2.05, 4.69) is 10.3 Å². The van der Waals surface area contributed by atoms with Crippen LogP contribution in [0.5, 0.6) is 11.5 Å². The number of ether oxygens (including phenoxy) is 2. The van der Waals surface area contributed by atoms with Gasteiger partial charge in [0.1, 0.15) is 33.8 Å². The van der Waals surface area contributed by atoms with Crippen molar-refractivity contribution in [2.45, 2.75) is 57.1 Å². The summed E-state index contributed by atoms with van der Waals surface area (Å²) in [6, 6.07) is 5.64. The molecular weight excluding hydrogens is 568 g/mol. The van der Waals surface area contributed by atoms with Crippen LogP contribution in [0.3, 0.4) is 0 Å². The third-order valence-electron chi connectivity index (χ3n) is 9.09. The smallest absolute Gasteiger partial charge is 0.330 e. The Morgan fingerprint density at radius 2 is 2.00 bits per heavy atom. The maximum atomic E-state index is 13.7. The number of thiazole rings is 1. The number of carboxylic acid groups (broad SMARTS) is 1. The molecule has 226 valence electrons. The third kappa shape index (κ3) is 5.46. The number of carbonyl (C=O) groups excluding carboxylic acids is 2. The number of carbonyl (C=O) groups is 3. The quantitative estimate of drug-likeness (QED) is 0.404. The van der Waals surface area contributed by atoms with E-state index in [1.165, 1.54) is 11.3 Å². The van der Waals surface area contributed by atoms with Gasteiger partial charge in [-0.2, -0.15) is 0 Å². The van der Waals surface area contributed by atoms with Crippen LogP contribution in [0.2, 0.25) is 0 Å². The first kappa shape index (κ1) is 29.1. The van der Waals surface area contributed by atoms with Crippen LogP contribution in [0.15, 0.2) is 41.9 Å². The zero-order valence-electron chi connectivity index (χ0n) is 24.5. The van der Waals surface area contributed by atoms with Crippen LogP contribution in [-0.4, -0.2) is 70.1 Å². The molecule has 0 radical (unpaired) electrons. The Bertz CT molecular complexity index is 1590. The molecule has 11 heteroatoms. The van der Waals surface area contributed by atoms with Gasteiger partial charge in [-0.1, -0.05) is 12.2 Å². The van der Waals surface area contributed by atoms with E-state index in [0.29, 0.717) is 36.6 Å². The molecule has 10 nitrogen and oxygen atoms in total. The molecule has 6 rings (SSSR count). The molecule has 3 heterocycles. The lowest BCUT2D eigenvalue weighted by Gasteiger charge is -2.26. The van der Waals surface area contributed by atoms with Crippen molar-refractivity contribution in [2.75, 3.05) is 20.7 Å². The fourth-order valence-electron chi connectivity index (χ4n) is 6.53. The number of aromatic nitrogens is 2. The van der Waals surface area contributed by atoms with Gasteiger partial charge in [-0.25, -0.2) is 14.8 Å². The number of hydrogen-bond donors (Lipinski definition) is 2. The van der Waals surface area contributed by atoms with Crippen LogP contribution < -0.4 is 14.8 Å². The summed E-state index contributed by atoms with van der Waals surface area (Å²) in [6.07, 6.45) is 8.70. The molecule has 2 amide bonds. The number of fused-ring (bicyclic) bond motifs is 3. The highest BCUT2D eigenvalue weighted by molar-refractivity contribution is 7.13. The monoisotopic (exact) mass is 604 g/mol. The van der Waals surface area contributed by atoms with Gasteiger partial charge in [-0.05, 0) is 57.6 Å². The Morgan fingerprint density at radius 3 is 2.74 bits per heavy atom. The van der Waals surface area contributed by atoms with Gasteiger partial charge in [0.2, 0.25) is 11.8 Å². The topological polar surface area (TPSA) is 131 Å². The highest BCUT2D eigenvalue weighted by atomic mass is 32.1. The van der Waals surface area contributed by atoms with Gasteiger partial charge in [0.25, 0.3) is 0 Å². The second-order valence-corrected chi connectivity index (χ2v) is 12.7. The van der Waals surface area contributed by atoms with Gasteiger partial charge in [-0.15, -0.1) is 11.3 Å². The number of aliphatic carboxylic acids is 1. The van der Waals surface area contributed by atoms with Gasteiger partial charge < -0.3 is 24.8 Å². The minimum atomic E-state index is -1.32. The average Bonchev–Trinajstić information content (AvgIpc) is 3.31. The van der Waals surface area contributed by atoms with E-state index in [9.17, 15) is 19.5 Å². The van der Waals surface area contributed by atoms with E-state index >= 15 is 0 Å². The lowest BCUT2D eigenvalue weighted by molar-refractivity contribution is -0.145. The van der Waals surface area contributed by atoms with Crippen molar-refractivity contribution >= 4 is 40.0 Å². The molecule has 1 aliphatic heterocycles. The van der Waals surface area contributed by atoms with Crippen LogP contribution in [-0.2, 0) is 14.4 Å². The molecule has 2 aromatic heterocycles. The lowest BCUT2D eigenvalue weighted by Crippen LogP contribution is -2.49. The molecule has 0 saturated heterocycles. The van der Waals surface area contributed by atoms with E-state index in [1.54, 1.807) is 25.3 Å². The maximum Gasteiger partial charge on any atom is 0.330 e. The van der Waals surface area contributed by atoms with Crippen molar-refractivity contribution in [2.24, 2.45) is 17.8 Å². The molecule has 5 atom stereocenters. The SMILES string of the molecule is COc1ccc2c(O[C@@H]3C[C@H]4C(=O)N[C@]5(C(=O)O)C[C@H]5C=CCCCCN(C)C(=O)[C@@H]4C3)cc(-c3nccs3)nc2c1C. The molecule has 2 N–H and O–H groups in total. The molecule has 1 aromatic carbocycles. The van der Waals surface area contributed by atoms with Gasteiger partial charge in [0.05, 0.1) is 24.5 Å². The number of amides is 2. The number of aryl methyl sites for hydroxylation is 1. The first-order valence-corrected chi connectivity index (χ1v) is 15.6. The Labute approximate surface area is 254 Å². The summed E-state index contributed by atoms with van der Waals surface area (Å²) in [5.74, 6) is -1.85. The molecule has 2 saturated carbocycles. The fraction of sp³-hybridized carbons (Fsp3) is 0.469. The van der Waals surface area contributed by atoms with Crippen molar-refractivity contribution < 1.29 is 29.0 Å². The third-order valence-corrected chi connectivity index (χ3v) is 9.88. The number of nitrogens with zero attached hydrogens (tertiary/aromatic N) is 3. The van der Waals surface area contributed by atoms with Crippen molar-refractivity contribution in [3.8, 4) is 22.2 Å². The minimum Gasteiger partial charge on any atom is -0.496 e. The van der Waals surface area contributed by atoms with Crippen LogP contribution in [0.1, 0.15) is 44.1 Å². The molecule has 3 aliphatic rings. The summed E-state index contributed by atoms with van der Waals surface area (Å²) in [7, 11) is 3.39. The summed E-state index contributed by atoms with van der Waals surface area (Å²) < 4.78 is 12.2. The number of pyridine rings is 1. The first-order chi connectivity index (χ1) is 20.7. The summed E-state index contributed by atoms with van der Waals surface area (Å²) in [4.78, 5) is 50.8. The van der Waals surface area contributed by atoms with E-state index in [1.807, 2.05) is 42.7 Å². The fourth-order valence-corrected chi connectivity index (χ4v) is 7.13. The normalized spacial score (nSPS) is 27.7. The molecule has 0 spiro atoms. The highest BCUT2D eigenvalue weighted by Gasteiger charge is 2.61. The largest absolute Gasteiger partial charge is 0.496 e. The van der Waals surface area contributed by atoms with Crippen LogP contribution in [0.25, 0.3) is 21.6 Å². The van der Waals surface area contributed by atoms with Gasteiger partial charge in [0.15, 0.2) is 0 Å². The number of methoxy groups -OCH3 is 1. The summed E-state index contributed by atoms with van der Waals surface area (Å²) in [5, 5.41) is 16.3. The maximum absolute atomic E-state index is 13.7. The molecule has 2 aliphatic carbocycles. The minimum absolute atomic E-state index is 0.112. The number of benzene rings is 1. The Kier molecular flexibility index (Phi) is 7.85. The zero-order chi connectivity index (χ0) is 30.3. The van der Waals surface area contributed by atoms with Gasteiger partial charge in [0, 0.05) is 48.1 Å². The van der Waals surface area contributed by atoms with E-state index in [-0.39, 0.29) is 18.2 Å².